The predicted molar refractivity (Wildman–Crippen MR) is 50.0 cm³/mol. The zero-order valence-electron chi connectivity index (χ0n) is 7.03. The Kier molecular flexibility index (Phi) is 3.67. The smallest absolute Gasteiger partial charge is 0.0277 e. The normalized spacial score (nSPS) is 20.5. The second-order valence-electron chi connectivity index (χ2n) is 2.87. The summed E-state index contributed by atoms with van der Waals surface area (Å²) in [7, 11) is 1.78. The van der Waals surface area contributed by atoms with Gasteiger partial charge >= 0.3 is 0 Å². The third-order valence-corrected chi connectivity index (χ3v) is 1.99. The molecule has 0 aromatic rings. The molecule has 1 saturated carbocycles. The molecule has 1 aliphatic carbocycles. The Labute approximate surface area is 68.5 Å². The first-order valence-electron chi connectivity index (χ1n) is 4.19. The minimum atomic E-state index is 0.859. The van der Waals surface area contributed by atoms with Crippen LogP contribution >= 0.6 is 0 Å². The molecular weight excluding hydrogens is 134 g/mol. The van der Waals surface area contributed by atoms with Gasteiger partial charge in [-0.2, -0.15) is 0 Å². The van der Waals surface area contributed by atoms with E-state index in [0.29, 0.717) is 0 Å². The van der Waals surface area contributed by atoms with Crippen LogP contribution < -0.4 is 0 Å². The van der Waals surface area contributed by atoms with Gasteiger partial charge in [-0.25, -0.2) is 0 Å². The van der Waals surface area contributed by atoms with Gasteiger partial charge in [-0.05, 0) is 24.8 Å². The minimum Gasteiger partial charge on any atom is -0.297 e. The van der Waals surface area contributed by atoms with Gasteiger partial charge in [-0.3, -0.25) is 4.99 Å². The second kappa shape index (κ2) is 4.89. The summed E-state index contributed by atoms with van der Waals surface area (Å²) in [6.45, 7) is 0. The van der Waals surface area contributed by atoms with Crippen LogP contribution in [-0.4, -0.2) is 13.3 Å². The minimum absolute atomic E-state index is 0.859. The standard InChI is InChI=1S/C10H15N/c1-11-9-4-2-3-6-10-7-5-8-10/h2-4,6,9-10H,5,7-8H2,1H3/b4-2-,6-3-,11-9+. The van der Waals surface area contributed by atoms with E-state index >= 15 is 0 Å². The van der Waals surface area contributed by atoms with Crippen LogP contribution in [0.1, 0.15) is 19.3 Å². The van der Waals surface area contributed by atoms with Crippen LogP contribution in [0.5, 0.6) is 0 Å². The highest BCUT2D eigenvalue weighted by Gasteiger charge is 2.12. The third kappa shape index (κ3) is 3.17. The van der Waals surface area contributed by atoms with E-state index in [1.807, 2.05) is 12.2 Å². The zero-order valence-corrected chi connectivity index (χ0v) is 7.03. The topological polar surface area (TPSA) is 12.4 Å². The molecule has 60 valence electrons. The monoisotopic (exact) mass is 149 g/mol. The molecule has 1 heteroatoms. The van der Waals surface area contributed by atoms with Crippen molar-refractivity contribution in [1.29, 1.82) is 0 Å². The summed E-state index contributed by atoms with van der Waals surface area (Å²) in [4.78, 5) is 3.84. The van der Waals surface area contributed by atoms with Crippen LogP contribution in [0.25, 0.3) is 0 Å². The molecule has 0 atom stereocenters. The summed E-state index contributed by atoms with van der Waals surface area (Å²) < 4.78 is 0. The Hall–Kier alpha value is -0.850. The average Bonchev–Trinajstić information content (AvgIpc) is 1.93. The molecule has 0 aromatic heterocycles. The molecule has 0 spiro atoms. The number of hydrogen-bond acceptors (Lipinski definition) is 1. The molecule has 0 heterocycles. The van der Waals surface area contributed by atoms with E-state index in [0.717, 1.165) is 5.92 Å². The van der Waals surface area contributed by atoms with E-state index < -0.39 is 0 Å². The molecule has 1 fully saturated rings. The molecule has 1 rings (SSSR count). The maximum atomic E-state index is 3.84. The Bertz CT molecular complexity index is 173. The SMILES string of the molecule is C/N=C/C=C\C=C/C1CCC1. The number of aliphatic imine (C=N–C) groups is 1. The fourth-order valence-electron chi connectivity index (χ4n) is 1.05. The quantitative estimate of drug-likeness (QED) is 0.432. The third-order valence-electron chi connectivity index (χ3n) is 1.99. The van der Waals surface area contributed by atoms with Gasteiger partial charge in [0.15, 0.2) is 0 Å². The van der Waals surface area contributed by atoms with Crippen LogP contribution in [0.2, 0.25) is 0 Å². The molecule has 1 aliphatic rings. The van der Waals surface area contributed by atoms with Crippen molar-refractivity contribution in [3.05, 3.63) is 24.3 Å². The lowest BCUT2D eigenvalue weighted by Gasteiger charge is -2.20. The maximum absolute atomic E-state index is 3.84. The maximum Gasteiger partial charge on any atom is 0.0277 e. The lowest BCUT2D eigenvalue weighted by molar-refractivity contribution is 0.388. The zero-order chi connectivity index (χ0) is 7.94. The van der Waals surface area contributed by atoms with Crippen molar-refractivity contribution >= 4 is 6.21 Å². The first kappa shape index (κ1) is 8.25. The van der Waals surface area contributed by atoms with Gasteiger partial charge in [0.05, 0.1) is 0 Å². The van der Waals surface area contributed by atoms with Gasteiger partial charge in [0.1, 0.15) is 0 Å². The van der Waals surface area contributed by atoms with Crippen molar-refractivity contribution in [2.45, 2.75) is 19.3 Å². The first-order valence-corrected chi connectivity index (χ1v) is 4.19. The molecule has 0 amide bonds. The lowest BCUT2D eigenvalue weighted by Crippen LogP contribution is -2.06. The van der Waals surface area contributed by atoms with E-state index in [1.54, 1.807) is 13.3 Å². The van der Waals surface area contributed by atoms with Crippen LogP contribution in [-0.2, 0) is 0 Å². The van der Waals surface area contributed by atoms with Crippen LogP contribution in [0, 0.1) is 5.92 Å². The van der Waals surface area contributed by atoms with Gasteiger partial charge in [0, 0.05) is 13.3 Å². The highest BCUT2D eigenvalue weighted by atomic mass is 14.6. The van der Waals surface area contributed by atoms with E-state index in [2.05, 4.69) is 17.1 Å². The molecule has 0 bridgehead atoms. The number of rotatable bonds is 3. The fraction of sp³-hybridized carbons (Fsp3) is 0.500. The number of hydrogen-bond donors (Lipinski definition) is 0. The molecule has 0 unspecified atom stereocenters. The van der Waals surface area contributed by atoms with Crippen LogP contribution in [0.3, 0.4) is 0 Å². The van der Waals surface area contributed by atoms with E-state index in [9.17, 15) is 0 Å². The van der Waals surface area contributed by atoms with Crippen molar-refractivity contribution < 1.29 is 0 Å². The van der Waals surface area contributed by atoms with E-state index in [-0.39, 0.29) is 0 Å². The Morgan fingerprint density at radius 2 is 2.00 bits per heavy atom. The largest absolute Gasteiger partial charge is 0.297 e. The molecule has 11 heavy (non-hydrogen) atoms. The van der Waals surface area contributed by atoms with Crippen molar-refractivity contribution in [2.75, 3.05) is 7.05 Å². The van der Waals surface area contributed by atoms with E-state index in [4.69, 9.17) is 0 Å². The van der Waals surface area contributed by atoms with Gasteiger partial charge < -0.3 is 0 Å². The van der Waals surface area contributed by atoms with Crippen molar-refractivity contribution in [3.8, 4) is 0 Å². The highest BCUT2D eigenvalue weighted by Crippen LogP contribution is 2.27. The molecule has 0 N–H and O–H groups in total. The van der Waals surface area contributed by atoms with Crippen LogP contribution in [0.4, 0.5) is 0 Å². The van der Waals surface area contributed by atoms with Gasteiger partial charge in [-0.1, -0.05) is 24.6 Å². The number of allylic oxidation sites excluding steroid dienone is 4. The first-order chi connectivity index (χ1) is 5.43. The van der Waals surface area contributed by atoms with Crippen molar-refractivity contribution in [2.24, 2.45) is 10.9 Å². The fourth-order valence-corrected chi connectivity index (χ4v) is 1.05. The Balaban J connectivity index is 2.13. The number of nitrogens with zero attached hydrogens (tertiary/aromatic N) is 1. The van der Waals surface area contributed by atoms with Gasteiger partial charge in [-0.15, -0.1) is 0 Å². The molecule has 0 saturated heterocycles. The van der Waals surface area contributed by atoms with E-state index in [1.165, 1.54) is 19.3 Å². The summed E-state index contributed by atoms with van der Waals surface area (Å²) >= 11 is 0. The molecule has 0 radical (unpaired) electrons. The molecule has 0 aromatic carbocycles. The Morgan fingerprint density at radius 1 is 1.18 bits per heavy atom. The average molecular weight is 149 g/mol. The van der Waals surface area contributed by atoms with Gasteiger partial charge in [0.25, 0.3) is 0 Å². The summed E-state index contributed by atoms with van der Waals surface area (Å²) in [5, 5.41) is 0. The van der Waals surface area contributed by atoms with Crippen molar-refractivity contribution in [1.82, 2.24) is 0 Å². The van der Waals surface area contributed by atoms with Crippen LogP contribution in [0.15, 0.2) is 29.3 Å². The molecule has 1 nitrogen and oxygen atoms in total. The lowest BCUT2D eigenvalue weighted by atomic mass is 9.85. The molecule has 0 aliphatic heterocycles. The van der Waals surface area contributed by atoms with Crippen molar-refractivity contribution in [3.63, 3.8) is 0 Å². The second-order valence-corrected chi connectivity index (χ2v) is 2.87. The summed E-state index contributed by atoms with van der Waals surface area (Å²) in [6, 6.07) is 0. The summed E-state index contributed by atoms with van der Waals surface area (Å²) in [5.74, 6) is 0.859. The highest BCUT2D eigenvalue weighted by molar-refractivity contribution is 5.71. The summed E-state index contributed by atoms with van der Waals surface area (Å²) in [6.07, 6.45) is 14.4. The van der Waals surface area contributed by atoms with Gasteiger partial charge in [0.2, 0.25) is 0 Å². The predicted octanol–water partition coefficient (Wildman–Crippen LogP) is 2.60. The molecular formula is C10H15N. The Morgan fingerprint density at radius 3 is 2.55 bits per heavy atom. The summed E-state index contributed by atoms with van der Waals surface area (Å²) in [5.41, 5.74) is 0.